The van der Waals surface area contributed by atoms with Gasteiger partial charge in [-0.05, 0) is 69.9 Å². The predicted octanol–water partition coefficient (Wildman–Crippen LogP) is 6.27. The lowest BCUT2D eigenvalue weighted by Crippen LogP contribution is -2.50. The number of benzene rings is 1. The van der Waals surface area contributed by atoms with Crippen molar-refractivity contribution in [2.24, 2.45) is 11.3 Å². The Balaban J connectivity index is 1.49. The van der Waals surface area contributed by atoms with Gasteiger partial charge in [0, 0.05) is 17.6 Å². The van der Waals surface area contributed by atoms with Crippen LogP contribution in [-0.2, 0) is 10.9 Å². The average molecular weight is 478 g/mol. The lowest BCUT2D eigenvalue weighted by molar-refractivity contribution is -0.140. The zero-order valence-electron chi connectivity index (χ0n) is 16.9. The minimum absolute atomic E-state index is 0.0119. The Morgan fingerprint density at radius 1 is 1.21 bits per heavy atom. The second-order valence-electron chi connectivity index (χ2n) is 9.16. The number of carbonyl (C=O) groups excluding carboxylic acids is 1. The summed E-state index contributed by atoms with van der Waals surface area (Å²) < 4.78 is 50.8. The molecule has 2 fully saturated rings. The van der Waals surface area contributed by atoms with E-state index in [0.717, 1.165) is 25.7 Å². The number of halogens is 4. The fourth-order valence-corrected chi connectivity index (χ4v) is 4.86. The van der Waals surface area contributed by atoms with Gasteiger partial charge < -0.3 is 14.4 Å². The van der Waals surface area contributed by atoms with Gasteiger partial charge in [-0.2, -0.15) is 13.2 Å². The summed E-state index contributed by atoms with van der Waals surface area (Å²) in [6.45, 7) is 7.14. The summed E-state index contributed by atoms with van der Waals surface area (Å²) in [5, 5.41) is 0. The van der Waals surface area contributed by atoms with Gasteiger partial charge in [0.1, 0.15) is 16.9 Å². The van der Waals surface area contributed by atoms with Crippen LogP contribution in [0.2, 0.25) is 0 Å². The summed E-state index contributed by atoms with van der Waals surface area (Å²) in [6, 6.07) is 4.27. The summed E-state index contributed by atoms with van der Waals surface area (Å²) in [5.74, 6) is 0.107. The average Bonchev–Trinajstić information content (AvgIpc) is 2.55. The van der Waals surface area contributed by atoms with Crippen LogP contribution in [0.4, 0.5) is 18.0 Å². The molecule has 8 heteroatoms. The molecule has 0 aromatic heterocycles. The highest BCUT2D eigenvalue weighted by Gasteiger charge is 2.47. The number of likely N-dealkylation sites (tertiary alicyclic amines) is 1. The van der Waals surface area contributed by atoms with E-state index >= 15 is 0 Å². The smallest absolute Gasteiger partial charge is 0.421 e. The number of carbonyl (C=O) groups is 1. The van der Waals surface area contributed by atoms with Crippen LogP contribution in [0.1, 0.15) is 52.0 Å². The van der Waals surface area contributed by atoms with E-state index < -0.39 is 17.3 Å². The quantitative estimate of drug-likeness (QED) is 0.514. The Morgan fingerprint density at radius 3 is 2.38 bits per heavy atom. The van der Waals surface area contributed by atoms with E-state index in [4.69, 9.17) is 9.47 Å². The number of hydrogen-bond donors (Lipinski definition) is 0. The molecule has 0 radical (unpaired) electrons. The molecular weight excluding hydrogens is 451 g/mol. The summed E-state index contributed by atoms with van der Waals surface area (Å²) in [6.07, 6.45) is -1.11. The van der Waals surface area contributed by atoms with E-state index in [1.807, 2.05) is 20.8 Å². The summed E-state index contributed by atoms with van der Waals surface area (Å²) in [5.41, 5.74) is -1.09. The third kappa shape index (κ3) is 5.38. The number of nitrogens with zero attached hydrogens (tertiary/aromatic N) is 1. The molecule has 1 spiro atoms. The Labute approximate surface area is 177 Å². The van der Waals surface area contributed by atoms with E-state index in [-0.39, 0.29) is 34.3 Å². The second kappa shape index (κ2) is 8.00. The Kier molecular flexibility index (Phi) is 6.14. The summed E-state index contributed by atoms with van der Waals surface area (Å²) >= 11 is 2.97. The zero-order valence-corrected chi connectivity index (χ0v) is 18.5. The first-order valence-corrected chi connectivity index (χ1v) is 10.6. The third-order valence-corrected chi connectivity index (χ3v) is 6.31. The minimum atomic E-state index is -4.47. The van der Waals surface area contributed by atoms with E-state index in [2.05, 4.69) is 15.9 Å². The molecule has 0 bridgehead atoms. The normalized spacial score (nSPS) is 19.8. The van der Waals surface area contributed by atoms with Gasteiger partial charge in [-0.15, -0.1) is 0 Å². The standard InChI is InChI=1S/C21H27BrF3NO3/c1-19(2,3)29-18(27)26-9-7-20(8-10-26)11-14(12-20)13-28-16-6-4-5-15(22)17(16)21(23,24)25/h4-6,14H,7-13H2,1-3H3. The topological polar surface area (TPSA) is 38.8 Å². The van der Waals surface area contributed by atoms with Crippen molar-refractivity contribution in [3.05, 3.63) is 28.2 Å². The first kappa shape index (κ1) is 22.2. The maximum absolute atomic E-state index is 13.3. The lowest BCUT2D eigenvalue weighted by atomic mass is 9.58. The van der Waals surface area contributed by atoms with Crippen molar-refractivity contribution in [1.82, 2.24) is 4.90 Å². The molecule has 0 atom stereocenters. The van der Waals surface area contributed by atoms with Gasteiger partial charge in [-0.3, -0.25) is 0 Å². The molecule has 1 aromatic carbocycles. The first-order valence-electron chi connectivity index (χ1n) is 9.85. The maximum Gasteiger partial charge on any atom is 0.421 e. The molecule has 4 nitrogen and oxygen atoms in total. The second-order valence-corrected chi connectivity index (χ2v) is 10.0. The molecule has 1 heterocycles. The first-order chi connectivity index (χ1) is 13.4. The van der Waals surface area contributed by atoms with Gasteiger partial charge in [0.2, 0.25) is 0 Å². The SMILES string of the molecule is CC(C)(C)OC(=O)N1CCC2(CC1)CC(COc1cccc(Br)c1C(F)(F)F)C2. The van der Waals surface area contributed by atoms with Crippen molar-refractivity contribution in [3.63, 3.8) is 0 Å². The number of alkyl halides is 3. The van der Waals surface area contributed by atoms with Crippen LogP contribution in [0.5, 0.6) is 5.75 Å². The number of amides is 1. The number of piperidine rings is 1. The highest BCUT2D eigenvalue weighted by molar-refractivity contribution is 9.10. The van der Waals surface area contributed by atoms with E-state index in [9.17, 15) is 18.0 Å². The van der Waals surface area contributed by atoms with Gasteiger partial charge in [-0.25, -0.2) is 4.79 Å². The van der Waals surface area contributed by atoms with Crippen molar-refractivity contribution in [2.75, 3.05) is 19.7 Å². The molecule has 162 valence electrons. The summed E-state index contributed by atoms with van der Waals surface area (Å²) in [7, 11) is 0. The molecule has 0 unspecified atom stereocenters. The molecule has 1 aromatic rings. The van der Waals surface area contributed by atoms with Gasteiger partial charge in [0.25, 0.3) is 0 Å². The van der Waals surface area contributed by atoms with Crippen LogP contribution in [0.25, 0.3) is 0 Å². The van der Waals surface area contributed by atoms with Crippen LogP contribution in [0, 0.1) is 11.3 Å². The van der Waals surface area contributed by atoms with E-state index in [1.165, 1.54) is 12.1 Å². The van der Waals surface area contributed by atoms with Crippen molar-refractivity contribution >= 4 is 22.0 Å². The van der Waals surface area contributed by atoms with Crippen LogP contribution in [0.3, 0.4) is 0 Å². The highest BCUT2D eigenvalue weighted by atomic mass is 79.9. The maximum atomic E-state index is 13.3. The van der Waals surface area contributed by atoms with Crippen LogP contribution < -0.4 is 4.74 Å². The molecule has 3 rings (SSSR count). The summed E-state index contributed by atoms with van der Waals surface area (Å²) in [4.78, 5) is 13.9. The van der Waals surface area contributed by atoms with Crippen molar-refractivity contribution in [2.45, 2.75) is 58.2 Å². The lowest BCUT2D eigenvalue weighted by Gasteiger charge is -2.52. The van der Waals surface area contributed by atoms with E-state index in [1.54, 1.807) is 11.0 Å². The van der Waals surface area contributed by atoms with E-state index in [0.29, 0.717) is 13.1 Å². The Morgan fingerprint density at radius 2 is 1.83 bits per heavy atom. The van der Waals surface area contributed by atoms with Gasteiger partial charge in [-0.1, -0.05) is 22.0 Å². The Bertz CT molecular complexity index is 745. The molecule has 0 N–H and O–H groups in total. The largest absolute Gasteiger partial charge is 0.493 e. The molecule has 1 aliphatic carbocycles. The van der Waals surface area contributed by atoms with Crippen LogP contribution >= 0.6 is 15.9 Å². The predicted molar refractivity (Wildman–Crippen MR) is 107 cm³/mol. The minimum Gasteiger partial charge on any atom is -0.493 e. The number of ether oxygens (including phenoxy) is 2. The van der Waals surface area contributed by atoms with Gasteiger partial charge >= 0.3 is 12.3 Å². The zero-order chi connectivity index (χ0) is 21.4. The molecule has 1 aliphatic heterocycles. The van der Waals surface area contributed by atoms with Gasteiger partial charge in [0.15, 0.2) is 0 Å². The monoisotopic (exact) mass is 477 g/mol. The van der Waals surface area contributed by atoms with Gasteiger partial charge in [0.05, 0.1) is 6.61 Å². The number of hydrogen-bond acceptors (Lipinski definition) is 3. The van der Waals surface area contributed by atoms with Crippen molar-refractivity contribution < 1.29 is 27.4 Å². The molecule has 2 aliphatic rings. The molecule has 1 saturated carbocycles. The van der Waals surface area contributed by atoms with Crippen molar-refractivity contribution in [1.29, 1.82) is 0 Å². The van der Waals surface area contributed by atoms with Crippen molar-refractivity contribution in [3.8, 4) is 5.75 Å². The molecular formula is C21H27BrF3NO3. The van der Waals surface area contributed by atoms with Crippen LogP contribution in [0.15, 0.2) is 22.7 Å². The number of rotatable bonds is 3. The molecule has 1 amide bonds. The van der Waals surface area contributed by atoms with Crippen LogP contribution in [-0.4, -0.2) is 36.3 Å². The Hall–Kier alpha value is -1.44. The highest BCUT2D eigenvalue weighted by Crippen LogP contribution is 2.53. The fraction of sp³-hybridized carbons (Fsp3) is 0.667. The molecule has 29 heavy (non-hydrogen) atoms. The molecule has 1 saturated heterocycles. The fourth-order valence-electron chi connectivity index (χ4n) is 4.29. The third-order valence-electron chi connectivity index (χ3n) is 5.65.